The molecule has 0 amide bonds. The van der Waals surface area contributed by atoms with Crippen LogP contribution in [0.1, 0.15) is 356 Å². The van der Waals surface area contributed by atoms with E-state index in [0.29, 0.717) is 19.3 Å². The summed E-state index contributed by atoms with van der Waals surface area (Å²) < 4.78 is 16.9. The topological polar surface area (TPSA) is 78.9 Å². The molecule has 6 nitrogen and oxygen atoms in total. The SMILES string of the molecule is CCCCCCCCCCCCCCCCCCCCCC(=O)OC[C@@H](COC(=O)CCCCCCCCCCCCCCCCCCCCC(C)C)OC(=O)CCCCCCCCCCC(C)C. The average molecular weight is 976 g/mol. The van der Waals surface area contributed by atoms with Gasteiger partial charge in [0.25, 0.3) is 0 Å². The minimum absolute atomic E-state index is 0.0628. The molecule has 0 saturated heterocycles. The highest BCUT2D eigenvalue weighted by Crippen LogP contribution is 2.19. The van der Waals surface area contributed by atoms with Crippen molar-refractivity contribution in [3.05, 3.63) is 0 Å². The lowest BCUT2D eigenvalue weighted by molar-refractivity contribution is -0.167. The molecule has 0 heterocycles. The van der Waals surface area contributed by atoms with Gasteiger partial charge in [-0.1, -0.05) is 317 Å². The lowest BCUT2D eigenvalue weighted by atomic mass is 10.0. The number of carbonyl (C=O) groups excluding carboxylic acids is 3. The lowest BCUT2D eigenvalue weighted by Crippen LogP contribution is -2.30. The number of carbonyl (C=O) groups is 3. The van der Waals surface area contributed by atoms with Crippen molar-refractivity contribution in [2.24, 2.45) is 11.8 Å². The zero-order chi connectivity index (χ0) is 50.4. The van der Waals surface area contributed by atoms with E-state index in [-0.39, 0.29) is 31.1 Å². The van der Waals surface area contributed by atoms with Crippen LogP contribution in [0.15, 0.2) is 0 Å². The predicted molar refractivity (Wildman–Crippen MR) is 298 cm³/mol. The third-order valence-corrected chi connectivity index (χ3v) is 14.5. The molecular weight excluding hydrogens is 853 g/mol. The minimum atomic E-state index is -0.763. The number of ether oxygens (including phenoxy) is 3. The van der Waals surface area contributed by atoms with Crippen LogP contribution in [0.3, 0.4) is 0 Å². The van der Waals surface area contributed by atoms with Crippen molar-refractivity contribution >= 4 is 17.9 Å². The first kappa shape index (κ1) is 67.4. The Labute approximate surface area is 431 Å². The van der Waals surface area contributed by atoms with Gasteiger partial charge in [-0.15, -0.1) is 0 Å². The summed E-state index contributed by atoms with van der Waals surface area (Å²) in [5.41, 5.74) is 0. The quantitative estimate of drug-likeness (QED) is 0.0343. The molecule has 69 heavy (non-hydrogen) atoms. The Morgan fingerprint density at radius 2 is 0.478 bits per heavy atom. The third-order valence-electron chi connectivity index (χ3n) is 14.5. The summed E-state index contributed by atoms with van der Waals surface area (Å²) in [6.07, 6.45) is 61.2. The van der Waals surface area contributed by atoms with Crippen LogP contribution in [0.4, 0.5) is 0 Å². The monoisotopic (exact) mass is 975 g/mol. The van der Waals surface area contributed by atoms with Crippen molar-refractivity contribution in [1.29, 1.82) is 0 Å². The van der Waals surface area contributed by atoms with Crippen molar-refractivity contribution in [2.45, 2.75) is 362 Å². The zero-order valence-electron chi connectivity index (χ0n) is 47.5. The molecule has 0 radical (unpaired) electrons. The molecule has 0 fully saturated rings. The van der Waals surface area contributed by atoms with Crippen molar-refractivity contribution in [2.75, 3.05) is 13.2 Å². The highest BCUT2D eigenvalue weighted by Gasteiger charge is 2.19. The van der Waals surface area contributed by atoms with E-state index in [1.807, 2.05) is 0 Å². The van der Waals surface area contributed by atoms with E-state index in [9.17, 15) is 14.4 Å². The second kappa shape index (κ2) is 55.7. The van der Waals surface area contributed by atoms with E-state index in [0.717, 1.165) is 69.6 Å². The number of esters is 3. The van der Waals surface area contributed by atoms with E-state index >= 15 is 0 Å². The van der Waals surface area contributed by atoms with Crippen LogP contribution in [-0.4, -0.2) is 37.2 Å². The predicted octanol–water partition coefficient (Wildman–Crippen LogP) is 20.8. The molecule has 0 saturated carbocycles. The standard InChI is InChI=1S/C63H122O6/c1-6-7-8-9-10-11-12-13-14-15-16-20-23-26-29-32-38-43-48-53-61(64)67-56-60(69-63(66)55-50-45-40-35-34-37-42-47-52-59(4)5)57-68-62(65)54-49-44-39-33-30-27-24-21-18-17-19-22-25-28-31-36-41-46-51-58(2)3/h58-60H,6-57H2,1-5H3/t60-/m0/s1. The first-order valence-electron chi connectivity index (χ1n) is 31.2. The molecule has 1 atom stereocenters. The molecule has 0 aromatic heterocycles. The molecule has 0 aromatic carbocycles. The fourth-order valence-electron chi connectivity index (χ4n) is 9.76. The van der Waals surface area contributed by atoms with Crippen LogP contribution >= 0.6 is 0 Å². The first-order chi connectivity index (χ1) is 33.7. The molecule has 0 aliphatic rings. The Morgan fingerprint density at radius 3 is 0.710 bits per heavy atom. The zero-order valence-corrected chi connectivity index (χ0v) is 47.5. The molecule has 0 bridgehead atoms. The largest absolute Gasteiger partial charge is 0.462 e. The number of unbranched alkanes of at least 4 members (excludes halogenated alkanes) is 42. The number of hydrogen-bond acceptors (Lipinski definition) is 6. The molecule has 6 heteroatoms. The summed E-state index contributed by atoms with van der Waals surface area (Å²) in [6.45, 7) is 11.4. The van der Waals surface area contributed by atoms with Gasteiger partial charge >= 0.3 is 17.9 Å². The molecular formula is C63H122O6. The molecule has 0 aliphatic heterocycles. The van der Waals surface area contributed by atoms with Crippen molar-refractivity contribution < 1.29 is 28.6 Å². The second-order valence-corrected chi connectivity index (χ2v) is 22.6. The van der Waals surface area contributed by atoms with Crippen LogP contribution < -0.4 is 0 Å². The Balaban J connectivity index is 4.19. The molecule has 0 rings (SSSR count). The van der Waals surface area contributed by atoms with Crippen LogP contribution in [-0.2, 0) is 28.6 Å². The van der Waals surface area contributed by atoms with Gasteiger partial charge in [-0.2, -0.15) is 0 Å². The van der Waals surface area contributed by atoms with E-state index in [2.05, 4.69) is 34.6 Å². The summed E-state index contributed by atoms with van der Waals surface area (Å²) in [6, 6.07) is 0. The second-order valence-electron chi connectivity index (χ2n) is 22.6. The first-order valence-corrected chi connectivity index (χ1v) is 31.2. The smallest absolute Gasteiger partial charge is 0.306 e. The summed E-state index contributed by atoms with van der Waals surface area (Å²) in [4.78, 5) is 38.2. The summed E-state index contributed by atoms with van der Waals surface area (Å²) in [7, 11) is 0. The van der Waals surface area contributed by atoms with Gasteiger partial charge in [-0.3, -0.25) is 14.4 Å². The maximum absolute atomic E-state index is 12.8. The van der Waals surface area contributed by atoms with E-state index in [1.165, 1.54) is 244 Å². The fourth-order valence-corrected chi connectivity index (χ4v) is 9.76. The maximum atomic E-state index is 12.8. The van der Waals surface area contributed by atoms with Gasteiger partial charge in [0.15, 0.2) is 6.10 Å². The number of hydrogen-bond donors (Lipinski definition) is 0. The molecule has 0 aliphatic carbocycles. The van der Waals surface area contributed by atoms with Gasteiger partial charge in [0.05, 0.1) is 0 Å². The van der Waals surface area contributed by atoms with Gasteiger partial charge in [0.1, 0.15) is 13.2 Å². The minimum Gasteiger partial charge on any atom is -0.462 e. The number of rotatable bonds is 57. The summed E-state index contributed by atoms with van der Waals surface area (Å²) in [5.74, 6) is 0.815. The Bertz CT molecular complexity index is 1060. The van der Waals surface area contributed by atoms with Crippen LogP contribution in [0.25, 0.3) is 0 Å². The van der Waals surface area contributed by atoms with Crippen LogP contribution in [0.2, 0.25) is 0 Å². The van der Waals surface area contributed by atoms with Gasteiger partial charge in [-0.05, 0) is 31.1 Å². The normalized spacial score (nSPS) is 12.0. The Morgan fingerprint density at radius 1 is 0.275 bits per heavy atom. The highest BCUT2D eigenvalue weighted by molar-refractivity contribution is 5.71. The van der Waals surface area contributed by atoms with E-state index in [4.69, 9.17) is 14.2 Å². The Hall–Kier alpha value is -1.59. The third kappa shape index (κ3) is 57.2. The molecule has 0 aromatic rings. The van der Waals surface area contributed by atoms with Crippen molar-refractivity contribution in [3.8, 4) is 0 Å². The molecule has 0 unspecified atom stereocenters. The van der Waals surface area contributed by atoms with Crippen molar-refractivity contribution in [1.82, 2.24) is 0 Å². The summed E-state index contributed by atoms with van der Waals surface area (Å²) >= 11 is 0. The van der Waals surface area contributed by atoms with Gasteiger partial charge < -0.3 is 14.2 Å². The summed E-state index contributed by atoms with van der Waals surface area (Å²) in [5, 5.41) is 0. The molecule has 0 spiro atoms. The van der Waals surface area contributed by atoms with Crippen LogP contribution in [0.5, 0.6) is 0 Å². The fraction of sp³-hybridized carbons (Fsp3) is 0.952. The van der Waals surface area contributed by atoms with Gasteiger partial charge in [0.2, 0.25) is 0 Å². The highest BCUT2D eigenvalue weighted by atomic mass is 16.6. The van der Waals surface area contributed by atoms with Gasteiger partial charge in [-0.25, -0.2) is 0 Å². The molecule has 0 N–H and O–H groups in total. The Kier molecular flexibility index (Phi) is 54.4. The average Bonchev–Trinajstić information content (AvgIpc) is 3.32. The van der Waals surface area contributed by atoms with Crippen molar-refractivity contribution in [3.63, 3.8) is 0 Å². The molecule has 410 valence electrons. The van der Waals surface area contributed by atoms with Crippen LogP contribution in [0, 0.1) is 11.8 Å². The van der Waals surface area contributed by atoms with E-state index < -0.39 is 6.10 Å². The lowest BCUT2D eigenvalue weighted by Gasteiger charge is -2.18. The van der Waals surface area contributed by atoms with Gasteiger partial charge in [0, 0.05) is 19.3 Å². The maximum Gasteiger partial charge on any atom is 0.306 e. The van der Waals surface area contributed by atoms with E-state index in [1.54, 1.807) is 0 Å².